The summed E-state index contributed by atoms with van der Waals surface area (Å²) in [7, 11) is 0. The van der Waals surface area contributed by atoms with Gasteiger partial charge in [0, 0.05) is 19.1 Å². The van der Waals surface area contributed by atoms with E-state index in [2.05, 4.69) is 10.6 Å². The lowest BCUT2D eigenvalue weighted by atomic mass is 9.85. The summed E-state index contributed by atoms with van der Waals surface area (Å²) in [6.07, 6.45) is -2.13. The molecule has 35 heavy (non-hydrogen) atoms. The molecule has 4 rings (SSSR count). The Morgan fingerprint density at radius 3 is 2.60 bits per heavy atom. The number of aliphatic hydroxyl groups excluding tert-OH is 3. The second kappa shape index (κ2) is 11.6. The van der Waals surface area contributed by atoms with Gasteiger partial charge in [0.05, 0.1) is 17.5 Å². The van der Waals surface area contributed by atoms with Gasteiger partial charge in [-0.25, -0.2) is 4.39 Å². The molecule has 0 spiro atoms. The lowest BCUT2D eigenvalue weighted by Gasteiger charge is -2.44. The quantitative estimate of drug-likeness (QED) is 0.344. The van der Waals surface area contributed by atoms with Crippen LogP contribution in [0.15, 0.2) is 24.3 Å². The minimum Gasteiger partial charge on any atom is -0.388 e. The van der Waals surface area contributed by atoms with Crippen molar-refractivity contribution in [3.05, 3.63) is 35.6 Å². The molecule has 3 heterocycles. The monoisotopic (exact) mass is 532 g/mol. The molecule has 3 fully saturated rings. The van der Waals surface area contributed by atoms with Crippen molar-refractivity contribution in [3.8, 4) is 0 Å². The zero-order chi connectivity index (χ0) is 25.3. The van der Waals surface area contributed by atoms with Gasteiger partial charge in [0.1, 0.15) is 41.7 Å². The average molecular weight is 533 g/mol. The second-order valence-corrected chi connectivity index (χ2v) is 11.3. The van der Waals surface area contributed by atoms with Gasteiger partial charge in [0.15, 0.2) is 0 Å². The third kappa shape index (κ3) is 5.80. The predicted octanol–water partition coefficient (Wildman–Crippen LogP) is 0.959. The molecule has 3 aliphatic heterocycles. The molecule has 8 nitrogen and oxygen atoms in total. The Morgan fingerprint density at radius 1 is 1.23 bits per heavy atom. The molecule has 1 aromatic rings. The number of rotatable bonds is 6. The molecule has 11 atom stereocenters. The van der Waals surface area contributed by atoms with Crippen molar-refractivity contribution in [2.24, 2.45) is 5.92 Å². The van der Waals surface area contributed by atoms with E-state index in [0.717, 1.165) is 18.4 Å². The molecular weight excluding hydrogens is 499 g/mol. The van der Waals surface area contributed by atoms with Crippen LogP contribution in [0, 0.1) is 11.7 Å². The average Bonchev–Trinajstić information content (AvgIpc) is 3.12. The summed E-state index contributed by atoms with van der Waals surface area (Å²) in [6.45, 7) is 2.76. The van der Waals surface area contributed by atoms with Gasteiger partial charge in [-0.05, 0) is 49.6 Å². The van der Waals surface area contributed by atoms with E-state index in [4.69, 9.17) is 21.1 Å². The number of hydrogen-bond donors (Lipinski definition) is 5. The summed E-state index contributed by atoms with van der Waals surface area (Å²) in [6, 6.07) is 5.12. The van der Waals surface area contributed by atoms with Crippen molar-refractivity contribution in [2.45, 2.75) is 79.1 Å². The van der Waals surface area contributed by atoms with Gasteiger partial charge in [-0.3, -0.25) is 4.79 Å². The summed E-state index contributed by atoms with van der Waals surface area (Å²) in [5, 5.41) is 36.6. The van der Waals surface area contributed by atoms with Gasteiger partial charge in [0.2, 0.25) is 5.91 Å². The van der Waals surface area contributed by atoms with E-state index in [-0.39, 0.29) is 29.7 Å². The van der Waals surface area contributed by atoms with Gasteiger partial charge < -0.3 is 35.4 Å². The molecule has 1 amide bonds. The van der Waals surface area contributed by atoms with Crippen LogP contribution in [0.2, 0.25) is 0 Å². The van der Waals surface area contributed by atoms with Gasteiger partial charge in [0.25, 0.3) is 0 Å². The number of aliphatic hydroxyl groups is 3. The molecule has 11 heteroatoms. The van der Waals surface area contributed by atoms with E-state index < -0.39 is 47.3 Å². The molecular formula is C24H34ClFN2O6S. The Kier molecular flexibility index (Phi) is 8.97. The number of ether oxygens (including phenoxy) is 2. The van der Waals surface area contributed by atoms with Gasteiger partial charge in [-0.2, -0.15) is 0 Å². The molecule has 0 bridgehead atoms. The van der Waals surface area contributed by atoms with Crippen molar-refractivity contribution in [2.75, 3.05) is 19.4 Å². The molecule has 3 unspecified atom stereocenters. The number of hydrogen-bond acceptors (Lipinski definition) is 8. The van der Waals surface area contributed by atoms with Crippen molar-refractivity contribution >= 4 is 29.3 Å². The first-order valence-corrected chi connectivity index (χ1v) is 13.7. The Bertz CT molecular complexity index is 865. The minimum atomic E-state index is -1.43. The van der Waals surface area contributed by atoms with Crippen LogP contribution in [0.5, 0.6) is 0 Å². The third-order valence-electron chi connectivity index (χ3n) is 7.38. The molecule has 3 aliphatic rings. The third-order valence-corrected chi connectivity index (χ3v) is 8.50. The Hall–Kier alpha value is -0.980. The fourth-order valence-corrected chi connectivity index (χ4v) is 6.31. The number of carbonyl (C=O) groups excluding carboxylic acids is 1. The lowest BCUT2D eigenvalue weighted by Crippen LogP contribution is -2.65. The van der Waals surface area contributed by atoms with Crippen LogP contribution < -0.4 is 10.6 Å². The topological polar surface area (TPSA) is 120 Å². The first-order valence-electron chi connectivity index (χ1n) is 12.0. The largest absolute Gasteiger partial charge is 0.388 e. The molecule has 0 saturated carbocycles. The zero-order valence-electron chi connectivity index (χ0n) is 19.7. The van der Waals surface area contributed by atoms with E-state index in [9.17, 15) is 24.5 Å². The van der Waals surface area contributed by atoms with Gasteiger partial charge in [-0.15, -0.1) is 23.4 Å². The van der Waals surface area contributed by atoms with Crippen molar-refractivity contribution in [3.63, 3.8) is 0 Å². The molecule has 1 aromatic carbocycles. The summed E-state index contributed by atoms with van der Waals surface area (Å²) in [5.41, 5.74) is 0.294. The lowest BCUT2D eigenvalue weighted by molar-refractivity contribution is -0.205. The molecule has 0 aliphatic carbocycles. The summed E-state index contributed by atoms with van der Waals surface area (Å²) in [4.78, 5) is 13.4. The van der Waals surface area contributed by atoms with E-state index in [1.165, 1.54) is 23.9 Å². The maximum Gasteiger partial charge on any atom is 0.240 e. The smallest absolute Gasteiger partial charge is 0.240 e. The Balaban J connectivity index is 1.44. The van der Waals surface area contributed by atoms with E-state index in [1.807, 2.05) is 12.1 Å². The maximum absolute atomic E-state index is 13.4. The van der Waals surface area contributed by atoms with E-state index in [1.54, 1.807) is 13.2 Å². The number of fused-ring (bicyclic) bond motifs is 1. The van der Waals surface area contributed by atoms with Crippen LogP contribution >= 0.6 is 23.4 Å². The minimum absolute atomic E-state index is 0.101. The van der Waals surface area contributed by atoms with Crippen LogP contribution in [-0.2, 0) is 14.3 Å². The molecule has 5 N–H and O–H groups in total. The number of thioether (sulfide) groups is 1. The van der Waals surface area contributed by atoms with Crippen LogP contribution in [0.4, 0.5) is 4.39 Å². The number of carbonyl (C=O) groups is 1. The Morgan fingerprint density at radius 2 is 1.94 bits per heavy atom. The van der Waals surface area contributed by atoms with Crippen LogP contribution in [0.3, 0.4) is 0 Å². The summed E-state index contributed by atoms with van der Waals surface area (Å²) in [5.74, 6) is -0.277. The molecule has 3 saturated heterocycles. The summed E-state index contributed by atoms with van der Waals surface area (Å²) < 4.78 is 25.3. The highest BCUT2D eigenvalue weighted by Gasteiger charge is 2.49. The molecule has 0 radical (unpaired) electrons. The fraction of sp³-hybridized carbons (Fsp3) is 0.708. The first kappa shape index (κ1) is 27.1. The number of nitrogens with one attached hydrogen (secondary N) is 2. The highest BCUT2D eigenvalue weighted by molar-refractivity contribution is 7.99. The van der Waals surface area contributed by atoms with Crippen LogP contribution in [0.25, 0.3) is 0 Å². The standard InChI is InChI=1S/C24H34ClFN2O6S/c1-11(25)16(22-19(30)18(29)20(31)24(34-22)35-2)28-23(32)17-21-14(10-27-17)9-13(7-8-33-21)12-3-5-15(26)6-4-12/h3-6,11,13-14,16-22,24,27,29-31H,7-10H2,1-2H3,(H,28,32)/t11-,13-,14-,16+,17-,18?,19?,20+,21+,22+,24?/m0/s1. The Labute approximate surface area is 213 Å². The SMILES string of the molecule is CSC1O[C@H]([C@H](NC(=O)[C@H]2NC[C@@H]3C[C@@H](c4ccc(F)cc4)CCO[C@H]32)[C@H](C)Cl)C(O)C(O)[C@H]1O. The number of halogens is 2. The van der Waals surface area contributed by atoms with Crippen molar-refractivity contribution < 1.29 is 34.0 Å². The molecule has 0 aromatic heterocycles. The zero-order valence-corrected chi connectivity index (χ0v) is 21.3. The van der Waals surface area contributed by atoms with Gasteiger partial charge >= 0.3 is 0 Å². The number of benzene rings is 1. The normalized spacial score (nSPS) is 39.3. The number of amides is 1. The van der Waals surface area contributed by atoms with Gasteiger partial charge in [-0.1, -0.05) is 12.1 Å². The second-order valence-electron chi connectivity index (χ2n) is 9.64. The summed E-state index contributed by atoms with van der Waals surface area (Å²) >= 11 is 7.60. The van der Waals surface area contributed by atoms with Crippen molar-refractivity contribution in [1.82, 2.24) is 10.6 Å². The van der Waals surface area contributed by atoms with E-state index >= 15 is 0 Å². The van der Waals surface area contributed by atoms with Crippen LogP contribution in [-0.4, -0.2) is 94.1 Å². The van der Waals surface area contributed by atoms with E-state index in [0.29, 0.717) is 13.2 Å². The number of alkyl halides is 1. The first-order chi connectivity index (χ1) is 16.7. The van der Waals surface area contributed by atoms with Crippen molar-refractivity contribution in [1.29, 1.82) is 0 Å². The molecule has 196 valence electrons. The highest BCUT2D eigenvalue weighted by Crippen LogP contribution is 2.36. The predicted molar refractivity (Wildman–Crippen MR) is 131 cm³/mol. The highest BCUT2D eigenvalue weighted by atomic mass is 35.5. The maximum atomic E-state index is 13.4. The fourth-order valence-electron chi connectivity index (χ4n) is 5.42. The van der Waals surface area contributed by atoms with Crippen LogP contribution in [0.1, 0.15) is 31.2 Å².